The fourth-order valence-electron chi connectivity index (χ4n) is 3.32. The number of carbonyl (C=O) groups excluding carboxylic acids is 2. The third kappa shape index (κ3) is 7.87. The van der Waals surface area contributed by atoms with Gasteiger partial charge in [-0.3, -0.25) is 9.59 Å². The van der Waals surface area contributed by atoms with Gasteiger partial charge in [-0.25, -0.2) is 0 Å². The van der Waals surface area contributed by atoms with Crippen molar-refractivity contribution < 1.29 is 19.4 Å². The minimum absolute atomic E-state index is 0.0735. The van der Waals surface area contributed by atoms with Crippen molar-refractivity contribution in [2.75, 3.05) is 46.3 Å². The molecule has 0 spiro atoms. The lowest BCUT2D eigenvalue weighted by atomic mass is 10.1. The fraction of sp³-hybridized carbons (Fsp3) is 0.600. The molecule has 27 heavy (non-hydrogen) atoms. The Balaban J connectivity index is 1.72. The molecule has 150 valence electrons. The van der Waals surface area contributed by atoms with Gasteiger partial charge >= 0.3 is 0 Å². The van der Waals surface area contributed by atoms with Gasteiger partial charge in [0.05, 0.1) is 33.2 Å². The van der Waals surface area contributed by atoms with E-state index in [2.05, 4.69) is 5.32 Å². The highest BCUT2D eigenvalue weighted by atomic mass is 35.5. The number of benzene rings is 1. The number of hydrogen-bond acceptors (Lipinski definition) is 2. The van der Waals surface area contributed by atoms with Crippen LogP contribution in [-0.2, 0) is 16.1 Å². The van der Waals surface area contributed by atoms with Crippen molar-refractivity contribution in [3.8, 4) is 0 Å². The van der Waals surface area contributed by atoms with E-state index in [0.29, 0.717) is 26.2 Å². The number of amides is 2. The number of quaternary nitrogens is 2. The lowest BCUT2D eigenvalue weighted by Gasteiger charge is -2.32. The third-order valence-corrected chi connectivity index (χ3v) is 4.87. The van der Waals surface area contributed by atoms with Crippen LogP contribution < -0.4 is 15.1 Å². The zero-order valence-corrected chi connectivity index (χ0v) is 17.7. The van der Waals surface area contributed by atoms with Gasteiger partial charge in [0.1, 0.15) is 6.54 Å². The second-order valence-corrected chi connectivity index (χ2v) is 8.98. The monoisotopic (exact) mass is 396 g/mol. The summed E-state index contributed by atoms with van der Waals surface area (Å²) in [6, 6.07) is 7.76. The summed E-state index contributed by atoms with van der Waals surface area (Å²) in [6.07, 6.45) is 0. The molecule has 6 nitrogen and oxygen atoms in total. The van der Waals surface area contributed by atoms with E-state index in [9.17, 15) is 9.59 Å². The predicted octanol–water partition coefficient (Wildman–Crippen LogP) is -1.00. The van der Waals surface area contributed by atoms with Gasteiger partial charge in [-0.15, -0.1) is 0 Å². The maximum Gasteiger partial charge on any atom is 0.278 e. The lowest BCUT2D eigenvalue weighted by molar-refractivity contribution is -0.897. The highest BCUT2D eigenvalue weighted by molar-refractivity contribution is 6.30. The SMILES string of the molecule is C[NH+](CC(=O)N1CC[NH+](CC(=O)NC(C)(C)C)CC1)Cc1ccc(Cl)cc1. The molecule has 1 atom stereocenters. The first-order chi connectivity index (χ1) is 12.6. The van der Waals surface area contributed by atoms with Crippen LogP contribution in [0.3, 0.4) is 0 Å². The molecule has 0 aromatic heterocycles. The van der Waals surface area contributed by atoms with E-state index >= 15 is 0 Å². The normalized spacial score (nSPS) is 16.9. The van der Waals surface area contributed by atoms with Gasteiger partial charge in [0.15, 0.2) is 13.1 Å². The molecule has 1 heterocycles. The van der Waals surface area contributed by atoms with E-state index in [1.807, 2.05) is 57.0 Å². The zero-order valence-electron chi connectivity index (χ0n) is 16.9. The van der Waals surface area contributed by atoms with Crippen LogP contribution in [0.1, 0.15) is 26.3 Å². The van der Waals surface area contributed by atoms with E-state index in [1.165, 1.54) is 10.5 Å². The van der Waals surface area contributed by atoms with Gasteiger partial charge in [-0.2, -0.15) is 0 Å². The maximum absolute atomic E-state index is 12.6. The summed E-state index contributed by atoms with van der Waals surface area (Å²) in [5, 5.41) is 3.73. The zero-order chi connectivity index (χ0) is 20.0. The molecule has 0 radical (unpaired) electrons. The van der Waals surface area contributed by atoms with Crippen LogP contribution >= 0.6 is 11.6 Å². The van der Waals surface area contributed by atoms with Crippen molar-refractivity contribution in [3.05, 3.63) is 34.9 Å². The molecular weight excluding hydrogens is 364 g/mol. The van der Waals surface area contributed by atoms with Crippen molar-refractivity contribution >= 4 is 23.4 Å². The second-order valence-electron chi connectivity index (χ2n) is 8.54. The van der Waals surface area contributed by atoms with Gasteiger partial charge in [0.25, 0.3) is 11.8 Å². The lowest BCUT2D eigenvalue weighted by Crippen LogP contribution is -3.16. The minimum Gasteiger partial charge on any atom is -0.347 e. The van der Waals surface area contributed by atoms with E-state index in [-0.39, 0.29) is 17.4 Å². The first kappa shape index (κ1) is 21.7. The minimum atomic E-state index is -0.203. The Morgan fingerprint density at radius 3 is 2.33 bits per heavy atom. The number of rotatable bonds is 6. The number of nitrogens with zero attached hydrogens (tertiary/aromatic N) is 1. The Bertz CT molecular complexity index is 634. The molecule has 2 rings (SSSR count). The second kappa shape index (κ2) is 9.53. The molecule has 1 unspecified atom stereocenters. The van der Waals surface area contributed by atoms with Crippen LogP contribution in [0.4, 0.5) is 0 Å². The molecular formula is C20H33ClN4O2+2. The number of halogens is 1. The van der Waals surface area contributed by atoms with Crippen molar-refractivity contribution in [3.63, 3.8) is 0 Å². The van der Waals surface area contributed by atoms with E-state index < -0.39 is 0 Å². The molecule has 1 aromatic rings. The van der Waals surface area contributed by atoms with Crippen LogP contribution in [0, 0.1) is 0 Å². The first-order valence-corrected chi connectivity index (χ1v) is 9.98. The number of likely N-dealkylation sites (N-methyl/N-ethyl adjacent to an activating group) is 1. The fourth-order valence-corrected chi connectivity index (χ4v) is 3.45. The van der Waals surface area contributed by atoms with Crippen LogP contribution in [0.2, 0.25) is 5.02 Å². The molecule has 1 aliphatic rings. The molecule has 1 fully saturated rings. The maximum atomic E-state index is 12.6. The highest BCUT2D eigenvalue weighted by Gasteiger charge is 2.27. The van der Waals surface area contributed by atoms with E-state index in [4.69, 9.17) is 11.6 Å². The van der Waals surface area contributed by atoms with Crippen LogP contribution in [0.15, 0.2) is 24.3 Å². The molecule has 1 saturated heterocycles. The summed E-state index contributed by atoms with van der Waals surface area (Å²) in [7, 11) is 2.03. The summed E-state index contributed by atoms with van der Waals surface area (Å²) >= 11 is 5.91. The van der Waals surface area contributed by atoms with Gasteiger partial charge in [-0.1, -0.05) is 23.7 Å². The standard InChI is InChI=1S/C20H31ClN4O2/c1-20(2,3)22-18(26)14-24-9-11-25(12-10-24)19(27)15-23(4)13-16-5-7-17(21)8-6-16/h5-8H,9-15H2,1-4H3,(H,22,26)/p+2. The number of piperazine rings is 1. The molecule has 2 amide bonds. The molecule has 1 aromatic carbocycles. The van der Waals surface area contributed by atoms with Crippen molar-refractivity contribution in [1.29, 1.82) is 0 Å². The van der Waals surface area contributed by atoms with Gasteiger partial charge < -0.3 is 20.0 Å². The summed E-state index contributed by atoms with van der Waals surface area (Å²) < 4.78 is 0. The Hall–Kier alpha value is -1.63. The van der Waals surface area contributed by atoms with Crippen molar-refractivity contribution in [2.45, 2.75) is 32.9 Å². The van der Waals surface area contributed by atoms with Crippen LogP contribution in [0.25, 0.3) is 0 Å². The highest BCUT2D eigenvalue weighted by Crippen LogP contribution is 2.08. The Labute approximate surface area is 167 Å². The Morgan fingerprint density at radius 1 is 1.19 bits per heavy atom. The first-order valence-electron chi connectivity index (χ1n) is 9.60. The average Bonchev–Trinajstić information content (AvgIpc) is 2.55. The van der Waals surface area contributed by atoms with Gasteiger partial charge in [0, 0.05) is 16.1 Å². The van der Waals surface area contributed by atoms with Gasteiger partial charge in [0.2, 0.25) is 0 Å². The molecule has 7 heteroatoms. The van der Waals surface area contributed by atoms with Crippen molar-refractivity contribution in [1.82, 2.24) is 10.2 Å². The Kier molecular flexibility index (Phi) is 7.65. The molecule has 0 aliphatic carbocycles. The topological polar surface area (TPSA) is 58.3 Å². The van der Waals surface area contributed by atoms with E-state index in [0.717, 1.165) is 29.6 Å². The largest absolute Gasteiger partial charge is 0.347 e. The average molecular weight is 397 g/mol. The summed E-state index contributed by atoms with van der Waals surface area (Å²) in [4.78, 5) is 28.9. The summed E-state index contributed by atoms with van der Waals surface area (Å²) in [5.41, 5.74) is 0.968. The summed E-state index contributed by atoms with van der Waals surface area (Å²) in [6.45, 7) is 10.8. The number of hydrogen-bond donors (Lipinski definition) is 3. The number of nitrogens with one attached hydrogen (secondary N) is 3. The molecule has 0 bridgehead atoms. The third-order valence-electron chi connectivity index (χ3n) is 4.62. The molecule has 1 aliphatic heterocycles. The Morgan fingerprint density at radius 2 is 1.78 bits per heavy atom. The molecule has 3 N–H and O–H groups in total. The van der Waals surface area contributed by atoms with E-state index in [1.54, 1.807) is 0 Å². The smallest absolute Gasteiger partial charge is 0.278 e. The molecule has 0 saturated carbocycles. The number of carbonyl (C=O) groups is 2. The van der Waals surface area contributed by atoms with Crippen LogP contribution in [-0.4, -0.2) is 68.6 Å². The quantitative estimate of drug-likeness (QED) is 0.577. The predicted molar refractivity (Wildman–Crippen MR) is 107 cm³/mol. The van der Waals surface area contributed by atoms with Crippen LogP contribution in [0.5, 0.6) is 0 Å². The van der Waals surface area contributed by atoms with Gasteiger partial charge in [-0.05, 0) is 32.9 Å². The van der Waals surface area contributed by atoms with Crippen molar-refractivity contribution in [2.24, 2.45) is 0 Å². The summed E-state index contributed by atoms with van der Waals surface area (Å²) in [5.74, 6) is 0.254.